The number of amides is 2. The summed E-state index contributed by atoms with van der Waals surface area (Å²) >= 11 is 3.20. The predicted octanol–water partition coefficient (Wildman–Crippen LogP) is 2.41. The lowest BCUT2D eigenvalue weighted by Crippen LogP contribution is -2.47. The Morgan fingerprint density at radius 3 is 2.77 bits per heavy atom. The molecule has 7 heteroatoms. The number of carbonyl (C=O) groups is 2. The molecule has 1 aromatic heterocycles. The fraction of sp³-hybridized carbons (Fsp3) is 0.667. The lowest BCUT2D eigenvalue weighted by Gasteiger charge is -2.26. The van der Waals surface area contributed by atoms with Gasteiger partial charge in [0.15, 0.2) is 0 Å². The van der Waals surface area contributed by atoms with Crippen molar-refractivity contribution >= 4 is 34.9 Å². The number of hydrogen-bond acceptors (Lipinski definition) is 5. The van der Waals surface area contributed by atoms with Crippen LogP contribution in [0.1, 0.15) is 37.9 Å². The second-order valence-electron chi connectivity index (χ2n) is 6.69. The topological polar surface area (TPSA) is 62.3 Å². The van der Waals surface area contributed by atoms with Crippen LogP contribution in [0.4, 0.5) is 0 Å². The lowest BCUT2D eigenvalue weighted by molar-refractivity contribution is -0.139. The summed E-state index contributed by atoms with van der Waals surface area (Å²) in [5.74, 6) is 1.24. The zero-order valence-electron chi connectivity index (χ0n) is 13.5. The minimum absolute atomic E-state index is 0.0575. The van der Waals surface area contributed by atoms with E-state index in [9.17, 15) is 9.59 Å². The molecule has 2 heterocycles. The highest BCUT2D eigenvalue weighted by molar-refractivity contribution is 7.99. The van der Waals surface area contributed by atoms with Gasteiger partial charge in [-0.05, 0) is 12.3 Å². The van der Waals surface area contributed by atoms with Crippen molar-refractivity contribution in [1.29, 1.82) is 0 Å². The first-order valence-electron chi connectivity index (χ1n) is 7.32. The Morgan fingerprint density at radius 1 is 1.45 bits per heavy atom. The van der Waals surface area contributed by atoms with Crippen molar-refractivity contribution < 1.29 is 9.59 Å². The summed E-state index contributed by atoms with van der Waals surface area (Å²) < 4.78 is 0. The third kappa shape index (κ3) is 4.71. The average Bonchev–Trinajstić information content (AvgIpc) is 3.02. The van der Waals surface area contributed by atoms with Crippen molar-refractivity contribution in [2.75, 3.05) is 11.6 Å². The van der Waals surface area contributed by atoms with Gasteiger partial charge in [0.25, 0.3) is 0 Å². The van der Waals surface area contributed by atoms with Gasteiger partial charge in [0, 0.05) is 17.6 Å². The van der Waals surface area contributed by atoms with E-state index >= 15 is 0 Å². The van der Waals surface area contributed by atoms with Gasteiger partial charge in [-0.3, -0.25) is 9.59 Å². The van der Waals surface area contributed by atoms with E-state index in [1.54, 1.807) is 28.0 Å². The maximum absolute atomic E-state index is 12.4. The third-order valence-corrected chi connectivity index (χ3v) is 5.13. The molecule has 1 aliphatic heterocycles. The van der Waals surface area contributed by atoms with Crippen molar-refractivity contribution in [3.8, 4) is 0 Å². The van der Waals surface area contributed by atoms with Gasteiger partial charge < -0.3 is 10.2 Å². The van der Waals surface area contributed by atoms with E-state index in [0.717, 1.165) is 10.7 Å². The Balaban J connectivity index is 1.91. The smallest absolute Gasteiger partial charge is 0.244 e. The Hall–Kier alpha value is -1.08. The predicted molar refractivity (Wildman–Crippen MR) is 90.7 cm³/mol. The van der Waals surface area contributed by atoms with E-state index in [0.29, 0.717) is 24.6 Å². The molecule has 1 N–H and O–H groups in total. The summed E-state index contributed by atoms with van der Waals surface area (Å²) in [5.41, 5.74) is 0.804. The number of hydrogen-bond donors (Lipinski definition) is 1. The van der Waals surface area contributed by atoms with Crippen LogP contribution in [-0.4, -0.2) is 39.4 Å². The van der Waals surface area contributed by atoms with Crippen molar-refractivity contribution in [3.63, 3.8) is 0 Å². The van der Waals surface area contributed by atoms with Crippen LogP contribution >= 0.6 is 23.1 Å². The maximum Gasteiger partial charge on any atom is 0.244 e. The maximum atomic E-state index is 12.4. The van der Waals surface area contributed by atoms with E-state index in [4.69, 9.17) is 0 Å². The van der Waals surface area contributed by atoms with Crippen molar-refractivity contribution in [3.05, 3.63) is 16.1 Å². The van der Waals surface area contributed by atoms with Gasteiger partial charge in [0.1, 0.15) is 6.04 Å². The van der Waals surface area contributed by atoms with E-state index in [-0.39, 0.29) is 23.3 Å². The minimum atomic E-state index is -0.361. The molecule has 0 aliphatic carbocycles. The van der Waals surface area contributed by atoms with Gasteiger partial charge >= 0.3 is 0 Å². The van der Waals surface area contributed by atoms with E-state index in [1.165, 1.54) is 0 Å². The average molecular weight is 342 g/mol. The lowest BCUT2D eigenvalue weighted by atomic mass is 9.91. The summed E-state index contributed by atoms with van der Waals surface area (Å²) in [6, 6.07) is -0.361. The first-order valence-corrected chi connectivity index (χ1v) is 9.35. The largest absolute Gasteiger partial charge is 0.349 e. The number of thiazole rings is 1. The van der Waals surface area contributed by atoms with Crippen LogP contribution in [0.2, 0.25) is 0 Å². The van der Waals surface area contributed by atoms with E-state index < -0.39 is 0 Å². The van der Waals surface area contributed by atoms with Gasteiger partial charge in [-0.2, -0.15) is 0 Å². The second kappa shape index (κ2) is 7.00. The molecule has 1 fully saturated rings. The Kier molecular flexibility index (Phi) is 5.50. The number of thioether (sulfide) groups is 1. The van der Waals surface area contributed by atoms with Gasteiger partial charge in [-0.25, -0.2) is 4.98 Å². The van der Waals surface area contributed by atoms with Crippen LogP contribution in [0.5, 0.6) is 0 Å². The van der Waals surface area contributed by atoms with Crippen molar-refractivity contribution in [2.24, 2.45) is 5.41 Å². The first kappa shape index (κ1) is 17.3. The number of aromatic nitrogens is 1. The minimum Gasteiger partial charge on any atom is -0.349 e. The number of rotatable bonds is 4. The molecule has 0 bridgehead atoms. The molecule has 1 atom stereocenters. The van der Waals surface area contributed by atoms with E-state index in [2.05, 4.69) is 10.3 Å². The highest BCUT2D eigenvalue weighted by Crippen LogP contribution is 2.26. The highest BCUT2D eigenvalue weighted by Gasteiger charge is 2.35. The molecule has 5 nitrogen and oxygen atoms in total. The number of carbonyl (C=O) groups excluding carboxylic acids is 2. The van der Waals surface area contributed by atoms with Crippen LogP contribution < -0.4 is 5.32 Å². The van der Waals surface area contributed by atoms with Gasteiger partial charge in [-0.15, -0.1) is 23.1 Å². The van der Waals surface area contributed by atoms with E-state index in [1.807, 2.05) is 33.1 Å². The molecule has 0 saturated carbocycles. The molecule has 22 heavy (non-hydrogen) atoms. The fourth-order valence-corrected chi connectivity index (χ4v) is 4.04. The Morgan fingerprint density at radius 2 is 2.18 bits per heavy atom. The van der Waals surface area contributed by atoms with Gasteiger partial charge in [0.05, 0.1) is 23.1 Å². The van der Waals surface area contributed by atoms with Crippen LogP contribution in [0, 0.1) is 12.3 Å². The molecule has 1 saturated heterocycles. The Bertz CT molecular complexity index is 551. The van der Waals surface area contributed by atoms with Gasteiger partial charge in [-0.1, -0.05) is 20.8 Å². The zero-order valence-corrected chi connectivity index (χ0v) is 15.1. The molecule has 1 aliphatic rings. The molecular weight excluding hydrogens is 318 g/mol. The second-order valence-corrected chi connectivity index (χ2v) is 8.75. The van der Waals surface area contributed by atoms with Crippen LogP contribution in [-0.2, 0) is 16.1 Å². The standard InChI is InChI=1S/C15H23N3O2S2/c1-10-17-11(7-22-10)6-16-14(20)12-8-21-9-18(12)13(19)5-15(2,3)4/h7,12H,5-6,8-9H2,1-4H3,(H,16,20)/t12-/m1/s1. The van der Waals surface area contributed by atoms with Crippen molar-refractivity contribution in [1.82, 2.24) is 15.2 Å². The fourth-order valence-electron chi connectivity index (χ4n) is 2.25. The molecule has 2 rings (SSSR count). The molecule has 122 valence electrons. The molecule has 1 aromatic rings. The monoisotopic (exact) mass is 341 g/mol. The highest BCUT2D eigenvalue weighted by atomic mass is 32.2. The molecule has 0 unspecified atom stereocenters. The van der Waals surface area contributed by atoms with Crippen LogP contribution in [0.25, 0.3) is 0 Å². The normalized spacial score (nSPS) is 18.5. The quantitative estimate of drug-likeness (QED) is 0.913. The zero-order chi connectivity index (χ0) is 16.3. The molecule has 2 amide bonds. The first-order chi connectivity index (χ1) is 10.3. The summed E-state index contributed by atoms with van der Waals surface area (Å²) in [4.78, 5) is 30.8. The molecule has 0 spiro atoms. The number of nitrogens with one attached hydrogen (secondary N) is 1. The van der Waals surface area contributed by atoms with Crippen LogP contribution in [0.15, 0.2) is 5.38 Å². The van der Waals surface area contributed by atoms with Crippen molar-refractivity contribution in [2.45, 2.75) is 46.7 Å². The Labute approximate surface area is 139 Å². The SMILES string of the molecule is Cc1nc(CNC(=O)[C@H]2CSCN2C(=O)CC(C)(C)C)cs1. The third-order valence-electron chi connectivity index (χ3n) is 3.30. The molecular formula is C15H23N3O2S2. The number of aryl methyl sites for hydroxylation is 1. The summed E-state index contributed by atoms with van der Waals surface area (Å²) in [6.45, 7) is 8.47. The number of nitrogens with zero attached hydrogens (tertiary/aromatic N) is 2. The summed E-state index contributed by atoms with van der Waals surface area (Å²) in [5, 5.41) is 5.83. The molecule has 0 aromatic carbocycles. The molecule has 0 radical (unpaired) electrons. The summed E-state index contributed by atoms with van der Waals surface area (Å²) in [7, 11) is 0. The van der Waals surface area contributed by atoms with Gasteiger partial charge in [0.2, 0.25) is 11.8 Å². The summed E-state index contributed by atoms with van der Waals surface area (Å²) in [6.07, 6.45) is 0.461. The van der Waals surface area contributed by atoms with Crippen LogP contribution in [0.3, 0.4) is 0 Å².